The molecular weight excluding hydrogens is 693 g/mol. The van der Waals surface area contributed by atoms with Crippen molar-refractivity contribution < 1.29 is 42.8 Å². The van der Waals surface area contributed by atoms with Crippen molar-refractivity contribution in [3.63, 3.8) is 0 Å². The van der Waals surface area contributed by atoms with E-state index in [4.69, 9.17) is 28.4 Å². The molecule has 2 aromatic rings. The van der Waals surface area contributed by atoms with E-state index in [1.807, 2.05) is 24.3 Å². The molecule has 0 atom stereocenters. The zero-order valence-corrected chi connectivity index (χ0v) is 31.4. The lowest BCUT2D eigenvalue weighted by Crippen LogP contribution is -2.30. The summed E-state index contributed by atoms with van der Waals surface area (Å²) in [4.78, 5) is 35.7. The van der Waals surface area contributed by atoms with Crippen molar-refractivity contribution in [2.75, 3.05) is 78.4 Å². The summed E-state index contributed by atoms with van der Waals surface area (Å²) in [6.45, 7) is 7.97. The van der Waals surface area contributed by atoms with Crippen LogP contribution in [-0.4, -0.2) is 109 Å². The predicted octanol–water partition coefficient (Wildman–Crippen LogP) is 4.91. The summed E-state index contributed by atoms with van der Waals surface area (Å²) in [6, 6.07) is 16.4. The van der Waals surface area contributed by atoms with E-state index in [0.29, 0.717) is 71.7 Å². The maximum Gasteiger partial charge on any atom is 0.407 e. The molecule has 0 unspecified atom stereocenters. The molecule has 1 aliphatic rings. The molecule has 0 aromatic heterocycles. The van der Waals surface area contributed by atoms with Gasteiger partial charge in [-0.2, -0.15) is 5.82 Å². The molecule has 0 spiro atoms. The van der Waals surface area contributed by atoms with Gasteiger partial charge in [0.2, 0.25) is 0 Å². The number of hydrogen-bond acceptors (Lipinski definition) is 11. The fourth-order valence-electron chi connectivity index (χ4n) is 4.91. The van der Waals surface area contributed by atoms with E-state index in [0.717, 1.165) is 12.8 Å². The van der Waals surface area contributed by atoms with E-state index in [1.54, 1.807) is 29.4 Å². The molecule has 278 valence electrons. The molecule has 0 fully saturated rings. The van der Waals surface area contributed by atoms with Gasteiger partial charge in [0.25, 0.3) is 0 Å². The average molecular weight is 744 g/mol. The summed E-state index contributed by atoms with van der Waals surface area (Å²) in [5.74, 6) is 5.99. The van der Waals surface area contributed by atoms with Gasteiger partial charge in [-0.3, -0.25) is 0 Å². The van der Waals surface area contributed by atoms with Crippen LogP contribution in [0.2, 0.25) is 0 Å². The average Bonchev–Trinajstić information content (AvgIpc) is 3.44. The van der Waals surface area contributed by atoms with Gasteiger partial charge in [0.1, 0.15) is 12.5 Å². The third kappa shape index (κ3) is 17.0. The first-order chi connectivity index (χ1) is 24.8. The Labute approximate surface area is 310 Å². The molecular formula is C36H50BN3O9S2. The molecule has 0 aliphatic heterocycles. The number of fused-ring (bicyclic) bond motifs is 3. The van der Waals surface area contributed by atoms with Gasteiger partial charge >= 0.3 is 18.3 Å². The van der Waals surface area contributed by atoms with Crippen LogP contribution in [0.25, 0.3) is 11.1 Å². The highest BCUT2D eigenvalue weighted by molar-refractivity contribution is 8.77. The number of carbonyl (C=O) groups is 3. The van der Waals surface area contributed by atoms with Gasteiger partial charge in [-0.15, -0.1) is 0 Å². The van der Waals surface area contributed by atoms with Crippen molar-refractivity contribution >= 4 is 47.7 Å². The van der Waals surface area contributed by atoms with Crippen molar-refractivity contribution in [1.82, 2.24) is 16.0 Å². The second-order valence-electron chi connectivity index (χ2n) is 11.9. The largest absolute Gasteiger partial charge is 0.450 e. The van der Waals surface area contributed by atoms with Crippen molar-refractivity contribution in [3.8, 4) is 22.9 Å². The first-order valence-electron chi connectivity index (χ1n) is 17.1. The van der Waals surface area contributed by atoms with E-state index in [2.05, 4.69) is 65.8 Å². The molecule has 0 heterocycles. The SMILES string of the molecule is BC#CCNC(=O)OCCCCOCSSC(C)(C)CCOC(=O)NCCOCCOCCNC(=O)OCC1c2ccccc2-c2ccccc21. The minimum Gasteiger partial charge on any atom is -0.450 e. The monoisotopic (exact) mass is 743 g/mol. The fourth-order valence-corrected chi connectivity index (χ4v) is 7.18. The van der Waals surface area contributed by atoms with Crippen LogP contribution < -0.4 is 16.0 Å². The molecule has 12 nitrogen and oxygen atoms in total. The summed E-state index contributed by atoms with van der Waals surface area (Å²) in [7, 11) is 5.00. The lowest BCUT2D eigenvalue weighted by Gasteiger charge is -2.22. The zero-order valence-electron chi connectivity index (χ0n) is 29.8. The Balaban J connectivity index is 1.08. The number of carbonyl (C=O) groups excluding carboxylic acids is 3. The molecule has 0 radical (unpaired) electrons. The molecule has 0 saturated heterocycles. The quantitative estimate of drug-likeness (QED) is 0.0337. The Morgan fingerprint density at radius 1 is 0.725 bits per heavy atom. The number of ether oxygens (including phenoxy) is 6. The summed E-state index contributed by atoms with van der Waals surface area (Å²) >= 11 is 0. The number of benzene rings is 2. The van der Waals surface area contributed by atoms with Crippen molar-refractivity contribution in [2.24, 2.45) is 0 Å². The van der Waals surface area contributed by atoms with E-state index in [1.165, 1.54) is 22.3 Å². The highest BCUT2D eigenvalue weighted by Crippen LogP contribution is 2.44. The third-order valence-electron chi connectivity index (χ3n) is 7.51. The highest BCUT2D eigenvalue weighted by Gasteiger charge is 2.29. The Kier molecular flexibility index (Phi) is 20.2. The third-order valence-corrected chi connectivity index (χ3v) is 10.5. The van der Waals surface area contributed by atoms with Gasteiger partial charge in [0.15, 0.2) is 7.85 Å². The Hall–Kier alpha value is -3.55. The molecule has 3 amide bonds. The molecule has 15 heteroatoms. The van der Waals surface area contributed by atoms with Gasteiger partial charge < -0.3 is 44.4 Å². The van der Waals surface area contributed by atoms with E-state index >= 15 is 0 Å². The summed E-state index contributed by atoms with van der Waals surface area (Å²) in [5, 5.41) is 7.95. The topological polar surface area (TPSA) is 143 Å². The lowest BCUT2D eigenvalue weighted by molar-refractivity contribution is 0.0487. The first-order valence-corrected chi connectivity index (χ1v) is 19.5. The maximum absolute atomic E-state index is 12.3. The van der Waals surface area contributed by atoms with Crippen LogP contribution in [0.4, 0.5) is 14.4 Å². The number of amides is 3. The van der Waals surface area contributed by atoms with Crippen molar-refractivity contribution in [3.05, 3.63) is 59.7 Å². The van der Waals surface area contributed by atoms with Gasteiger partial charge in [-0.1, -0.05) is 76.0 Å². The molecule has 51 heavy (non-hydrogen) atoms. The second kappa shape index (κ2) is 24.6. The van der Waals surface area contributed by atoms with Crippen molar-refractivity contribution in [1.29, 1.82) is 0 Å². The van der Waals surface area contributed by atoms with Crippen LogP contribution in [0.15, 0.2) is 48.5 Å². The number of hydrogen-bond donors (Lipinski definition) is 3. The van der Waals surface area contributed by atoms with Gasteiger partial charge in [0, 0.05) is 30.4 Å². The Morgan fingerprint density at radius 2 is 1.29 bits per heavy atom. The normalized spacial score (nSPS) is 11.8. The Bertz CT molecular complexity index is 1380. The molecule has 1 aliphatic carbocycles. The summed E-state index contributed by atoms with van der Waals surface area (Å²) < 4.78 is 32.4. The minimum atomic E-state index is -0.484. The standard InChI is InChI=1S/C36H50BN3O9S2/c1-36(2,51-50-27-46-19-7-8-20-47-33(41)38-16-9-15-37)14-21-48-34(42)39-17-22-44-24-25-45-23-18-40-35(43)49-26-32-30-12-5-3-10-28(30)29-11-4-6-13-31(29)32/h3-6,10-13,32H,7-8,14,16-27,37H2,1-2H3,(H,38,41)(H,39,42)(H,40,43). The Morgan fingerprint density at radius 3 is 1.94 bits per heavy atom. The number of unbranched alkanes of at least 4 members (excludes halogenated alkanes) is 1. The number of rotatable bonds is 24. The molecule has 0 saturated carbocycles. The smallest absolute Gasteiger partial charge is 0.407 e. The van der Waals surface area contributed by atoms with Crippen LogP contribution in [-0.2, 0) is 28.4 Å². The maximum atomic E-state index is 12.3. The molecule has 3 rings (SSSR count). The first kappa shape index (κ1) is 41.9. The van der Waals surface area contributed by atoms with Crippen LogP contribution in [0.5, 0.6) is 0 Å². The van der Waals surface area contributed by atoms with Gasteiger partial charge in [-0.05, 0) is 55.4 Å². The summed E-state index contributed by atoms with van der Waals surface area (Å²) in [6.07, 6.45) is 0.785. The van der Waals surface area contributed by atoms with Gasteiger partial charge in [0.05, 0.1) is 46.2 Å². The summed E-state index contributed by atoms with van der Waals surface area (Å²) in [5.41, 5.74) is 4.72. The number of nitrogens with one attached hydrogen (secondary N) is 3. The van der Waals surface area contributed by atoms with E-state index in [-0.39, 0.29) is 23.8 Å². The van der Waals surface area contributed by atoms with Crippen LogP contribution in [0.3, 0.4) is 0 Å². The second-order valence-corrected chi connectivity index (χ2v) is 14.9. The predicted molar refractivity (Wildman–Crippen MR) is 204 cm³/mol. The molecule has 3 N–H and O–H groups in total. The van der Waals surface area contributed by atoms with Crippen LogP contribution >= 0.6 is 21.6 Å². The lowest BCUT2D eigenvalue weighted by atomic mass is 9.98. The van der Waals surface area contributed by atoms with Crippen LogP contribution in [0.1, 0.15) is 50.2 Å². The highest BCUT2D eigenvalue weighted by atomic mass is 33.1. The number of alkyl carbamates (subject to hydrolysis) is 3. The zero-order chi connectivity index (χ0) is 36.6. The molecule has 0 bridgehead atoms. The van der Waals surface area contributed by atoms with Crippen molar-refractivity contribution in [2.45, 2.75) is 43.8 Å². The fraction of sp³-hybridized carbons (Fsp3) is 0.528. The van der Waals surface area contributed by atoms with E-state index in [9.17, 15) is 14.4 Å². The molecule has 2 aromatic carbocycles. The van der Waals surface area contributed by atoms with Gasteiger partial charge in [-0.25, -0.2) is 14.4 Å². The minimum absolute atomic E-state index is 0.0184. The van der Waals surface area contributed by atoms with Crippen LogP contribution in [0, 0.1) is 11.7 Å². The van der Waals surface area contributed by atoms with E-state index < -0.39 is 18.3 Å².